The fourth-order valence-electron chi connectivity index (χ4n) is 3.84. The average molecular weight is 484 g/mol. The van der Waals surface area contributed by atoms with E-state index in [1.807, 2.05) is 49.6 Å². The Morgan fingerprint density at radius 3 is 2.59 bits per heavy atom. The predicted molar refractivity (Wildman–Crippen MR) is 127 cm³/mol. The maximum atomic E-state index is 12.7. The minimum atomic E-state index is -0.624. The van der Waals surface area contributed by atoms with Crippen LogP contribution in [-0.2, 0) is 16.1 Å². The first kappa shape index (κ1) is 23.7. The van der Waals surface area contributed by atoms with E-state index >= 15 is 0 Å². The molecule has 0 aliphatic carbocycles. The zero-order valence-electron chi connectivity index (χ0n) is 19.3. The molecule has 2 aromatic carbocycles. The first-order valence-electron chi connectivity index (χ1n) is 10.9. The van der Waals surface area contributed by atoms with Crippen molar-refractivity contribution >= 4 is 23.4 Å². The molecule has 0 amide bonds. The lowest BCUT2D eigenvalue weighted by Crippen LogP contribution is -2.33. The molecule has 178 valence electrons. The molecule has 7 nitrogen and oxygen atoms in total. The number of Topliss-reactive ketones (excluding diaryl/α,β-unsaturated/α-hetero) is 1. The lowest BCUT2D eigenvalue weighted by molar-refractivity contribution is -0.144. The zero-order valence-corrected chi connectivity index (χ0v) is 20.1. The number of hydrogen-bond acceptors (Lipinski definition) is 6. The Labute approximate surface area is 203 Å². The Morgan fingerprint density at radius 1 is 1.06 bits per heavy atom. The molecule has 4 rings (SSSR count). The highest BCUT2D eigenvalue weighted by molar-refractivity contribution is 6.31. The molecule has 1 atom stereocenters. The van der Waals surface area contributed by atoms with Crippen molar-refractivity contribution in [1.29, 1.82) is 0 Å². The molecule has 8 heteroatoms. The van der Waals surface area contributed by atoms with Gasteiger partial charge < -0.3 is 23.5 Å². The van der Waals surface area contributed by atoms with Crippen molar-refractivity contribution in [3.8, 4) is 17.2 Å². The maximum absolute atomic E-state index is 12.7. The first-order valence-corrected chi connectivity index (χ1v) is 11.3. The van der Waals surface area contributed by atoms with Gasteiger partial charge in [-0.2, -0.15) is 0 Å². The molecule has 0 spiro atoms. The number of carbonyl (C=O) groups excluding carboxylic acids is 2. The van der Waals surface area contributed by atoms with Crippen LogP contribution in [0.2, 0.25) is 5.02 Å². The molecule has 2 heterocycles. The second-order valence-corrected chi connectivity index (χ2v) is 8.58. The Morgan fingerprint density at radius 2 is 1.82 bits per heavy atom. The summed E-state index contributed by atoms with van der Waals surface area (Å²) >= 11 is 5.99. The largest absolute Gasteiger partial charge is 0.486 e. The van der Waals surface area contributed by atoms with Crippen LogP contribution in [0.15, 0.2) is 48.5 Å². The molecule has 0 fully saturated rings. The average Bonchev–Trinajstić information content (AvgIpc) is 3.11. The summed E-state index contributed by atoms with van der Waals surface area (Å²) in [6.07, 6.45) is -0.186. The third-order valence-corrected chi connectivity index (χ3v) is 6.10. The molecule has 0 saturated carbocycles. The van der Waals surface area contributed by atoms with Crippen LogP contribution in [0.1, 0.15) is 27.3 Å². The van der Waals surface area contributed by atoms with Gasteiger partial charge in [0.1, 0.15) is 12.4 Å². The summed E-state index contributed by atoms with van der Waals surface area (Å²) in [4.78, 5) is 24.8. The van der Waals surface area contributed by atoms with Gasteiger partial charge in [0.2, 0.25) is 5.78 Å². The number of carbonyl (C=O) groups is 2. The van der Waals surface area contributed by atoms with E-state index in [2.05, 4.69) is 0 Å². The number of hydrogen-bond donors (Lipinski definition) is 0. The monoisotopic (exact) mass is 483 g/mol. The van der Waals surface area contributed by atoms with Crippen molar-refractivity contribution in [3.05, 3.63) is 76.1 Å². The molecule has 3 aromatic rings. The minimum absolute atomic E-state index is 0.186. The molecular formula is C26H26ClNO6. The second kappa shape index (κ2) is 10.2. The minimum Gasteiger partial charge on any atom is -0.486 e. The van der Waals surface area contributed by atoms with Gasteiger partial charge >= 0.3 is 5.97 Å². The molecule has 1 unspecified atom stereocenters. The van der Waals surface area contributed by atoms with Gasteiger partial charge in [0.25, 0.3) is 0 Å². The van der Waals surface area contributed by atoms with E-state index in [4.69, 9.17) is 30.5 Å². The van der Waals surface area contributed by atoms with Crippen molar-refractivity contribution < 1.29 is 28.5 Å². The van der Waals surface area contributed by atoms with E-state index in [1.165, 1.54) is 0 Å². The van der Waals surface area contributed by atoms with Crippen LogP contribution in [0.4, 0.5) is 0 Å². The van der Waals surface area contributed by atoms with Crippen LogP contribution < -0.4 is 14.2 Å². The van der Waals surface area contributed by atoms with Crippen LogP contribution in [0, 0.1) is 20.8 Å². The van der Waals surface area contributed by atoms with Crippen molar-refractivity contribution in [3.63, 3.8) is 0 Å². The number of para-hydroxylation sites is 2. The summed E-state index contributed by atoms with van der Waals surface area (Å²) in [5.74, 6) is 1.04. The fourth-order valence-corrected chi connectivity index (χ4v) is 3.95. The number of aryl methyl sites for hydroxylation is 2. The summed E-state index contributed by atoms with van der Waals surface area (Å²) in [5.41, 5.74) is 3.05. The Kier molecular flexibility index (Phi) is 7.12. The Hall–Kier alpha value is -3.45. The third kappa shape index (κ3) is 5.37. The van der Waals surface area contributed by atoms with E-state index in [-0.39, 0.29) is 25.1 Å². The quantitative estimate of drug-likeness (QED) is 0.341. The normalized spacial score (nSPS) is 14.5. The highest BCUT2D eigenvalue weighted by atomic mass is 35.5. The van der Waals surface area contributed by atoms with Gasteiger partial charge in [0, 0.05) is 22.0 Å². The summed E-state index contributed by atoms with van der Waals surface area (Å²) in [5, 5.41) is 0.616. The SMILES string of the molecule is Cc1cc(OCC(=O)OCC(=O)c2cc(C)n(CC3COc4ccccc4O3)c2C)ccc1Cl. The topological polar surface area (TPSA) is 76.0 Å². The van der Waals surface area contributed by atoms with Gasteiger partial charge in [-0.25, -0.2) is 4.79 Å². The van der Waals surface area contributed by atoms with Crippen LogP contribution in [0.3, 0.4) is 0 Å². The lowest BCUT2D eigenvalue weighted by atomic mass is 10.1. The molecule has 1 aliphatic rings. The summed E-state index contributed by atoms with van der Waals surface area (Å²) in [6, 6.07) is 14.4. The van der Waals surface area contributed by atoms with Crippen molar-refractivity contribution in [2.24, 2.45) is 0 Å². The number of esters is 1. The van der Waals surface area contributed by atoms with Crippen LogP contribution in [0.5, 0.6) is 17.2 Å². The number of rotatable bonds is 8. The molecular weight excluding hydrogens is 458 g/mol. The summed E-state index contributed by atoms with van der Waals surface area (Å²) < 4.78 is 24.4. The van der Waals surface area contributed by atoms with Crippen molar-refractivity contribution in [1.82, 2.24) is 4.57 Å². The molecule has 0 N–H and O–H groups in total. The number of halogens is 1. The molecule has 0 saturated heterocycles. The van der Waals surface area contributed by atoms with Crippen molar-refractivity contribution in [2.45, 2.75) is 33.4 Å². The van der Waals surface area contributed by atoms with Gasteiger partial charge in [-0.15, -0.1) is 0 Å². The highest BCUT2D eigenvalue weighted by Gasteiger charge is 2.24. The first-order chi connectivity index (χ1) is 16.3. The predicted octanol–water partition coefficient (Wildman–Crippen LogP) is 4.71. The van der Waals surface area contributed by atoms with Gasteiger partial charge in [0.15, 0.2) is 30.8 Å². The van der Waals surface area contributed by atoms with E-state index in [0.29, 0.717) is 35.2 Å². The Bertz CT molecular complexity index is 1220. The maximum Gasteiger partial charge on any atom is 0.344 e. The molecule has 34 heavy (non-hydrogen) atoms. The standard InChI is InChI=1S/C26H26ClNO6/c1-16-10-19(8-9-22(16)27)31-15-26(30)33-14-23(29)21-11-17(2)28(18(21)3)12-20-13-32-24-6-4-5-7-25(24)34-20/h4-11,20H,12-15H2,1-3H3. The lowest BCUT2D eigenvalue weighted by Gasteiger charge is -2.27. The number of ether oxygens (including phenoxy) is 4. The van der Waals surface area contributed by atoms with E-state index in [1.54, 1.807) is 24.3 Å². The van der Waals surface area contributed by atoms with Gasteiger partial charge in [0.05, 0.1) is 6.54 Å². The van der Waals surface area contributed by atoms with E-state index in [9.17, 15) is 9.59 Å². The van der Waals surface area contributed by atoms with Gasteiger partial charge in [-0.05, 0) is 62.7 Å². The van der Waals surface area contributed by atoms with Crippen LogP contribution >= 0.6 is 11.6 Å². The molecule has 1 aliphatic heterocycles. The number of benzene rings is 2. The van der Waals surface area contributed by atoms with Crippen LogP contribution in [0.25, 0.3) is 0 Å². The second-order valence-electron chi connectivity index (χ2n) is 8.18. The van der Waals surface area contributed by atoms with Gasteiger partial charge in [-0.3, -0.25) is 4.79 Å². The number of nitrogens with zero attached hydrogens (tertiary/aromatic N) is 1. The number of fused-ring (bicyclic) bond motifs is 1. The Balaban J connectivity index is 1.32. The molecule has 1 aromatic heterocycles. The third-order valence-electron chi connectivity index (χ3n) is 5.68. The molecule has 0 bridgehead atoms. The summed E-state index contributed by atoms with van der Waals surface area (Å²) in [7, 11) is 0. The smallest absolute Gasteiger partial charge is 0.344 e. The fraction of sp³-hybridized carbons (Fsp3) is 0.308. The van der Waals surface area contributed by atoms with E-state index in [0.717, 1.165) is 22.7 Å². The van der Waals surface area contributed by atoms with Crippen LogP contribution in [-0.4, -0.2) is 42.2 Å². The zero-order chi connectivity index (χ0) is 24.2. The highest BCUT2D eigenvalue weighted by Crippen LogP contribution is 2.31. The van der Waals surface area contributed by atoms with Gasteiger partial charge in [-0.1, -0.05) is 23.7 Å². The summed E-state index contributed by atoms with van der Waals surface area (Å²) in [6.45, 7) is 5.93. The number of ketones is 1. The van der Waals surface area contributed by atoms with E-state index < -0.39 is 5.97 Å². The van der Waals surface area contributed by atoms with Crippen molar-refractivity contribution in [2.75, 3.05) is 19.8 Å². The number of aromatic nitrogens is 1. The molecule has 0 radical (unpaired) electrons.